The summed E-state index contributed by atoms with van der Waals surface area (Å²) in [5.74, 6) is -3.84. The Hall–Kier alpha value is -1.80. The highest BCUT2D eigenvalue weighted by Gasteiger charge is 2.42. The third-order valence-corrected chi connectivity index (χ3v) is 4.19. The fourth-order valence-electron chi connectivity index (χ4n) is 2.80. The van der Waals surface area contributed by atoms with Crippen LogP contribution in [0.3, 0.4) is 0 Å². The second kappa shape index (κ2) is 6.76. The molecule has 1 saturated carbocycles. The lowest BCUT2D eigenvalue weighted by atomic mass is 10.00. The van der Waals surface area contributed by atoms with Crippen LogP contribution >= 0.6 is 0 Å². The molecule has 1 atom stereocenters. The Morgan fingerprint density at radius 2 is 1.70 bits per heavy atom. The monoisotopic (exact) mass is 336 g/mol. The van der Waals surface area contributed by atoms with Crippen molar-refractivity contribution in [2.45, 2.75) is 44.3 Å². The predicted molar refractivity (Wildman–Crippen MR) is 72.3 cm³/mol. The molecule has 9 heteroatoms. The quantitative estimate of drug-likeness (QED) is 0.738. The Labute approximate surface area is 131 Å². The summed E-state index contributed by atoms with van der Waals surface area (Å²) in [6, 6.07) is -0.307. The number of piperidine rings is 1. The van der Waals surface area contributed by atoms with Gasteiger partial charge in [0.05, 0.1) is 0 Å². The first kappa shape index (κ1) is 17.6. The van der Waals surface area contributed by atoms with Crippen molar-refractivity contribution in [2.24, 2.45) is 11.8 Å². The number of aliphatic carboxylic acids is 1. The topological polar surface area (TPSA) is 86.7 Å². The zero-order valence-electron chi connectivity index (χ0n) is 12.4. The lowest BCUT2D eigenvalue weighted by Crippen LogP contribution is -2.49. The number of carbonyl (C=O) groups is 3. The molecule has 0 aromatic rings. The highest BCUT2D eigenvalue weighted by atomic mass is 19.4. The summed E-state index contributed by atoms with van der Waals surface area (Å²) in [5.41, 5.74) is 0. The Morgan fingerprint density at radius 1 is 1.13 bits per heavy atom. The molecule has 0 aromatic heterocycles. The van der Waals surface area contributed by atoms with Crippen LogP contribution in [0.4, 0.5) is 13.2 Å². The van der Waals surface area contributed by atoms with Gasteiger partial charge in [-0.1, -0.05) is 0 Å². The average molecular weight is 336 g/mol. The molecule has 2 amide bonds. The van der Waals surface area contributed by atoms with Gasteiger partial charge < -0.3 is 15.3 Å². The number of carbonyl (C=O) groups excluding carboxylic acids is 2. The molecule has 2 fully saturated rings. The predicted octanol–water partition coefficient (Wildman–Crippen LogP) is 1.16. The molecule has 0 bridgehead atoms. The Morgan fingerprint density at radius 3 is 2.13 bits per heavy atom. The lowest BCUT2D eigenvalue weighted by molar-refractivity contribution is -0.162. The molecular weight excluding hydrogens is 317 g/mol. The largest absolute Gasteiger partial charge is 0.481 e. The molecule has 0 radical (unpaired) electrons. The number of carboxylic acid groups (broad SMARTS) is 1. The maximum absolute atomic E-state index is 12.2. The lowest BCUT2D eigenvalue weighted by Gasteiger charge is -2.33. The summed E-state index contributed by atoms with van der Waals surface area (Å²) in [5, 5.41) is 11.7. The van der Waals surface area contributed by atoms with E-state index in [0.29, 0.717) is 12.8 Å². The van der Waals surface area contributed by atoms with Crippen molar-refractivity contribution in [1.82, 2.24) is 10.2 Å². The minimum atomic E-state index is -4.53. The first-order valence-corrected chi connectivity index (χ1v) is 7.55. The van der Waals surface area contributed by atoms with Gasteiger partial charge >= 0.3 is 12.1 Å². The molecule has 1 saturated heterocycles. The van der Waals surface area contributed by atoms with Gasteiger partial charge in [-0.05, 0) is 31.6 Å². The third kappa shape index (κ3) is 5.11. The van der Waals surface area contributed by atoms with E-state index in [1.54, 1.807) is 0 Å². The van der Waals surface area contributed by atoms with E-state index < -0.39 is 36.3 Å². The van der Waals surface area contributed by atoms with Gasteiger partial charge in [0.25, 0.3) is 0 Å². The molecule has 2 rings (SSSR count). The SMILES string of the molecule is O=C(O)C(C(=O)NC1CCN(C(=O)CC(F)(F)F)CC1)C1CC1. The molecular formula is C14H19F3N2O4. The van der Waals surface area contributed by atoms with Crippen molar-refractivity contribution in [3.63, 3.8) is 0 Å². The summed E-state index contributed by atoms with van der Waals surface area (Å²) in [4.78, 5) is 35.7. The van der Waals surface area contributed by atoms with E-state index in [2.05, 4.69) is 5.32 Å². The summed E-state index contributed by atoms with van der Waals surface area (Å²) in [7, 11) is 0. The number of nitrogens with one attached hydrogen (secondary N) is 1. The molecule has 23 heavy (non-hydrogen) atoms. The highest BCUT2D eigenvalue weighted by Crippen LogP contribution is 2.37. The van der Waals surface area contributed by atoms with Crippen LogP contribution in [0.25, 0.3) is 0 Å². The van der Waals surface area contributed by atoms with Crippen LogP contribution in [-0.4, -0.2) is 53.1 Å². The first-order chi connectivity index (χ1) is 10.7. The van der Waals surface area contributed by atoms with E-state index in [-0.39, 0.29) is 25.0 Å². The van der Waals surface area contributed by atoms with Gasteiger partial charge in [0.2, 0.25) is 11.8 Å². The van der Waals surface area contributed by atoms with E-state index in [1.165, 1.54) is 0 Å². The Kier molecular flexibility index (Phi) is 5.16. The van der Waals surface area contributed by atoms with E-state index in [4.69, 9.17) is 5.11 Å². The second-order valence-corrected chi connectivity index (χ2v) is 6.11. The van der Waals surface area contributed by atoms with Crippen LogP contribution < -0.4 is 5.32 Å². The second-order valence-electron chi connectivity index (χ2n) is 6.11. The van der Waals surface area contributed by atoms with E-state index in [9.17, 15) is 27.6 Å². The van der Waals surface area contributed by atoms with Gasteiger partial charge in [-0.25, -0.2) is 0 Å². The summed E-state index contributed by atoms with van der Waals surface area (Å²) < 4.78 is 36.6. The number of nitrogens with zero attached hydrogens (tertiary/aromatic N) is 1. The fourth-order valence-corrected chi connectivity index (χ4v) is 2.80. The van der Waals surface area contributed by atoms with Crippen molar-refractivity contribution in [3.05, 3.63) is 0 Å². The number of rotatable bonds is 5. The molecule has 6 nitrogen and oxygen atoms in total. The van der Waals surface area contributed by atoms with Gasteiger partial charge in [-0.3, -0.25) is 14.4 Å². The Balaban J connectivity index is 1.79. The van der Waals surface area contributed by atoms with Gasteiger partial charge in [0.15, 0.2) is 0 Å². The van der Waals surface area contributed by atoms with Crippen LogP contribution in [0.5, 0.6) is 0 Å². The minimum absolute atomic E-state index is 0.124. The van der Waals surface area contributed by atoms with Gasteiger partial charge in [0, 0.05) is 19.1 Å². The number of hydrogen-bond acceptors (Lipinski definition) is 3. The maximum Gasteiger partial charge on any atom is 0.397 e. The van der Waals surface area contributed by atoms with Gasteiger partial charge in [-0.2, -0.15) is 13.2 Å². The van der Waals surface area contributed by atoms with E-state index in [0.717, 1.165) is 17.7 Å². The Bertz CT molecular complexity index is 483. The summed E-state index contributed by atoms with van der Waals surface area (Å²) in [6.45, 7) is 0.252. The normalized spacial score (nSPS) is 20.9. The van der Waals surface area contributed by atoms with Crippen LogP contribution in [0, 0.1) is 11.8 Å². The van der Waals surface area contributed by atoms with Crippen LogP contribution in [0.2, 0.25) is 0 Å². The number of alkyl halides is 3. The van der Waals surface area contributed by atoms with E-state index in [1.807, 2.05) is 0 Å². The van der Waals surface area contributed by atoms with Gasteiger partial charge in [0.1, 0.15) is 12.3 Å². The molecule has 1 aliphatic carbocycles. The number of hydrogen-bond donors (Lipinski definition) is 2. The number of carboxylic acids is 1. The zero-order chi connectivity index (χ0) is 17.2. The average Bonchev–Trinajstić information content (AvgIpc) is 3.21. The molecule has 0 aromatic carbocycles. The molecule has 130 valence electrons. The first-order valence-electron chi connectivity index (χ1n) is 7.55. The van der Waals surface area contributed by atoms with Gasteiger partial charge in [-0.15, -0.1) is 0 Å². The number of halogens is 3. The van der Waals surface area contributed by atoms with Crippen LogP contribution in [-0.2, 0) is 14.4 Å². The maximum atomic E-state index is 12.2. The standard InChI is InChI=1S/C14H19F3N2O4/c15-14(16,17)7-10(20)19-5-3-9(4-6-19)18-12(21)11(13(22)23)8-1-2-8/h8-9,11H,1-7H2,(H,18,21)(H,22,23). The van der Waals surface area contributed by atoms with Crippen molar-refractivity contribution in [2.75, 3.05) is 13.1 Å². The van der Waals surface area contributed by atoms with Crippen molar-refractivity contribution < 1.29 is 32.7 Å². The minimum Gasteiger partial charge on any atom is -0.481 e. The van der Waals surface area contributed by atoms with Crippen molar-refractivity contribution in [3.8, 4) is 0 Å². The molecule has 1 heterocycles. The smallest absolute Gasteiger partial charge is 0.397 e. The van der Waals surface area contributed by atoms with Crippen LogP contribution in [0.15, 0.2) is 0 Å². The number of likely N-dealkylation sites (tertiary alicyclic amines) is 1. The van der Waals surface area contributed by atoms with Crippen molar-refractivity contribution >= 4 is 17.8 Å². The third-order valence-electron chi connectivity index (χ3n) is 4.19. The zero-order valence-corrected chi connectivity index (χ0v) is 12.4. The summed E-state index contributed by atoms with van der Waals surface area (Å²) in [6.07, 6.45) is -3.92. The molecule has 2 N–H and O–H groups in total. The van der Waals surface area contributed by atoms with Crippen LogP contribution in [0.1, 0.15) is 32.1 Å². The highest BCUT2D eigenvalue weighted by molar-refractivity contribution is 5.97. The molecule has 2 aliphatic rings. The molecule has 0 spiro atoms. The fraction of sp³-hybridized carbons (Fsp3) is 0.786. The van der Waals surface area contributed by atoms with Crippen molar-refractivity contribution in [1.29, 1.82) is 0 Å². The summed E-state index contributed by atoms with van der Waals surface area (Å²) >= 11 is 0. The molecule has 1 unspecified atom stereocenters. The van der Waals surface area contributed by atoms with E-state index >= 15 is 0 Å². The number of amides is 2. The molecule has 1 aliphatic heterocycles.